The highest BCUT2D eigenvalue weighted by atomic mass is 32.1. The van der Waals surface area contributed by atoms with Crippen LogP contribution in [-0.2, 0) is 12.8 Å². The van der Waals surface area contributed by atoms with E-state index in [2.05, 4.69) is 27.2 Å². The molecule has 0 spiro atoms. The topological polar surface area (TPSA) is 76.2 Å². The zero-order valence-electron chi connectivity index (χ0n) is 12.5. The predicted molar refractivity (Wildman–Crippen MR) is 87.7 cm³/mol. The van der Waals surface area contributed by atoms with Gasteiger partial charge in [0.25, 0.3) is 0 Å². The van der Waals surface area contributed by atoms with E-state index in [1.165, 1.54) is 4.88 Å². The number of hydrogen-bond donors (Lipinski definition) is 2. The van der Waals surface area contributed by atoms with Crippen molar-refractivity contribution in [2.24, 2.45) is 10.7 Å². The molecule has 6 heteroatoms. The zero-order chi connectivity index (χ0) is 15.1. The maximum atomic E-state index is 5.84. The minimum absolute atomic E-state index is 0.482. The van der Waals surface area contributed by atoms with Gasteiger partial charge >= 0.3 is 0 Å². The predicted octanol–water partition coefficient (Wildman–Crippen LogP) is 1.84. The summed E-state index contributed by atoms with van der Waals surface area (Å²) in [5.74, 6) is 0.482. The minimum atomic E-state index is 0.482. The third kappa shape index (κ3) is 5.15. The molecular formula is C15H21N5S. The summed E-state index contributed by atoms with van der Waals surface area (Å²) in [4.78, 5) is 14.3. The van der Waals surface area contributed by atoms with Gasteiger partial charge in [-0.05, 0) is 26.0 Å². The number of nitrogens with one attached hydrogen (secondary N) is 1. The molecule has 21 heavy (non-hydrogen) atoms. The number of pyridine rings is 1. The van der Waals surface area contributed by atoms with Gasteiger partial charge in [-0.3, -0.25) is 9.98 Å². The van der Waals surface area contributed by atoms with E-state index in [0.717, 1.165) is 35.8 Å². The Labute approximate surface area is 129 Å². The highest BCUT2D eigenvalue weighted by Gasteiger charge is 2.02. The lowest BCUT2D eigenvalue weighted by Crippen LogP contribution is -2.33. The van der Waals surface area contributed by atoms with Gasteiger partial charge in [0.05, 0.1) is 10.7 Å². The highest BCUT2D eigenvalue weighted by Crippen LogP contribution is 2.16. The summed E-state index contributed by atoms with van der Waals surface area (Å²) in [5.41, 5.74) is 8.00. The second-order valence-electron chi connectivity index (χ2n) is 4.76. The fourth-order valence-electron chi connectivity index (χ4n) is 1.84. The van der Waals surface area contributed by atoms with E-state index in [1.54, 1.807) is 17.5 Å². The maximum Gasteiger partial charge on any atom is 0.188 e. The number of hydrogen-bond acceptors (Lipinski definition) is 4. The lowest BCUT2D eigenvalue weighted by Gasteiger charge is -2.04. The molecule has 2 aromatic rings. The van der Waals surface area contributed by atoms with Crippen molar-refractivity contribution < 1.29 is 0 Å². The van der Waals surface area contributed by atoms with Crippen LogP contribution < -0.4 is 11.1 Å². The van der Waals surface area contributed by atoms with Crippen molar-refractivity contribution >= 4 is 17.3 Å². The van der Waals surface area contributed by atoms with Gasteiger partial charge in [-0.2, -0.15) is 0 Å². The summed E-state index contributed by atoms with van der Waals surface area (Å²) in [6, 6.07) is 5.90. The maximum absolute atomic E-state index is 5.84. The van der Waals surface area contributed by atoms with Crippen molar-refractivity contribution in [3.63, 3.8) is 0 Å². The Balaban J connectivity index is 1.69. The van der Waals surface area contributed by atoms with Crippen LogP contribution in [0.1, 0.15) is 21.3 Å². The van der Waals surface area contributed by atoms with E-state index in [-0.39, 0.29) is 0 Å². The van der Waals surface area contributed by atoms with E-state index < -0.39 is 0 Å². The molecule has 5 nitrogen and oxygen atoms in total. The Morgan fingerprint density at radius 3 is 2.86 bits per heavy atom. The number of thiazole rings is 1. The van der Waals surface area contributed by atoms with Crippen molar-refractivity contribution in [1.82, 2.24) is 15.3 Å². The van der Waals surface area contributed by atoms with Gasteiger partial charge in [0.2, 0.25) is 0 Å². The van der Waals surface area contributed by atoms with E-state index in [0.29, 0.717) is 12.5 Å². The molecule has 0 saturated heterocycles. The third-order valence-electron chi connectivity index (χ3n) is 3.09. The monoisotopic (exact) mass is 303 g/mol. The van der Waals surface area contributed by atoms with Crippen LogP contribution in [0.5, 0.6) is 0 Å². The Hall–Kier alpha value is -1.95. The van der Waals surface area contributed by atoms with E-state index >= 15 is 0 Å². The lowest BCUT2D eigenvalue weighted by atomic mass is 10.3. The number of nitrogens with two attached hydrogens (primary N) is 1. The van der Waals surface area contributed by atoms with Crippen LogP contribution in [0.2, 0.25) is 0 Å². The van der Waals surface area contributed by atoms with Crippen LogP contribution in [0.25, 0.3) is 0 Å². The van der Waals surface area contributed by atoms with Gasteiger partial charge in [-0.1, -0.05) is 6.07 Å². The standard InChI is InChI=1S/C15H21N5S/c1-11-12(2)21-14(20-11)7-10-19-15(16)18-9-6-13-5-3-4-8-17-13/h3-5,8H,6-7,9-10H2,1-2H3,(H3,16,18,19). The number of rotatable bonds is 6. The Morgan fingerprint density at radius 1 is 1.33 bits per heavy atom. The molecule has 0 aliphatic rings. The first-order valence-corrected chi connectivity index (χ1v) is 7.83. The molecule has 3 N–H and O–H groups in total. The fourth-order valence-corrected chi connectivity index (χ4v) is 2.76. The van der Waals surface area contributed by atoms with Crippen LogP contribution in [-0.4, -0.2) is 29.0 Å². The SMILES string of the molecule is Cc1nc(CCN=C(N)NCCc2ccccn2)sc1C. The van der Waals surface area contributed by atoms with Gasteiger partial charge in [-0.15, -0.1) is 11.3 Å². The smallest absolute Gasteiger partial charge is 0.188 e. The van der Waals surface area contributed by atoms with Crippen molar-refractivity contribution in [2.75, 3.05) is 13.1 Å². The first-order valence-electron chi connectivity index (χ1n) is 7.02. The number of aryl methyl sites for hydroxylation is 2. The fraction of sp³-hybridized carbons (Fsp3) is 0.400. The van der Waals surface area contributed by atoms with Crippen LogP contribution in [0.3, 0.4) is 0 Å². The van der Waals surface area contributed by atoms with Gasteiger partial charge in [0.15, 0.2) is 5.96 Å². The number of nitrogens with zero attached hydrogens (tertiary/aromatic N) is 3. The number of guanidine groups is 1. The Bertz CT molecular complexity index is 572. The van der Waals surface area contributed by atoms with Crippen molar-refractivity contribution in [1.29, 1.82) is 0 Å². The summed E-state index contributed by atoms with van der Waals surface area (Å²) in [6.07, 6.45) is 3.47. The molecule has 2 aromatic heterocycles. The second-order valence-corrected chi connectivity index (χ2v) is 6.05. The number of aliphatic imine (C=N–C) groups is 1. The summed E-state index contributed by atoms with van der Waals surface area (Å²) in [6.45, 7) is 5.52. The first-order chi connectivity index (χ1) is 10.1. The molecule has 2 heterocycles. The molecule has 112 valence electrons. The van der Waals surface area contributed by atoms with Crippen molar-refractivity contribution in [3.05, 3.63) is 45.7 Å². The molecule has 2 rings (SSSR count). The Kier molecular flexibility index (Phi) is 5.68. The molecule has 0 aromatic carbocycles. The quantitative estimate of drug-likeness (QED) is 0.631. The summed E-state index contributed by atoms with van der Waals surface area (Å²) >= 11 is 1.73. The number of aromatic nitrogens is 2. The van der Waals surface area contributed by atoms with E-state index in [9.17, 15) is 0 Å². The lowest BCUT2D eigenvalue weighted by molar-refractivity contribution is 0.824. The average molecular weight is 303 g/mol. The molecule has 0 radical (unpaired) electrons. The molecule has 0 saturated carbocycles. The Morgan fingerprint density at radius 2 is 2.19 bits per heavy atom. The van der Waals surface area contributed by atoms with Crippen molar-refractivity contribution in [3.8, 4) is 0 Å². The van der Waals surface area contributed by atoms with E-state index in [1.807, 2.05) is 25.1 Å². The summed E-state index contributed by atoms with van der Waals surface area (Å²) in [5, 5.41) is 4.23. The molecule has 0 unspecified atom stereocenters. The highest BCUT2D eigenvalue weighted by molar-refractivity contribution is 7.11. The van der Waals surface area contributed by atoms with Gasteiger partial charge in [-0.25, -0.2) is 4.98 Å². The zero-order valence-corrected chi connectivity index (χ0v) is 13.3. The van der Waals surface area contributed by atoms with Crippen LogP contribution >= 0.6 is 11.3 Å². The van der Waals surface area contributed by atoms with Gasteiger partial charge in [0.1, 0.15) is 0 Å². The summed E-state index contributed by atoms with van der Waals surface area (Å²) < 4.78 is 0. The largest absolute Gasteiger partial charge is 0.370 e. The summed E-state index contributed by atoms with van der Waals surface area (Å²) in [7, 11) is 0. The van der Waals surface area contributed by atoms with Crippen LogP contribution in [0.15, 0.2) is 29.4 Å². The molecule has 0 fully saturated rings. The molecule has 0 aliphatic heterocycles. The normalized spacial score (nSPS) is 11.6. The second kappa shape index (κ2) is 7.73. The van der Waals surface area contributed by atoms with Gasteiger partial charge in [0, 0.05) is 42.7 Å². The third-order valence-corrected chi connectivity index (χ3v) is 4.23. The average Bonchev–Trinajstić information content (AvgIpc) is 2.79. The molecular weight excluding hydrogens is 282 g/mol. The molecule has 0 bridgehead atoms. The van der Waals surface area contributed by atoms with Crippen LogP contribution in [0.4, 0.5) is 0 Å². The molecule has 0 aliphatic carbocycles. The minimum Gasteiger partial charge on any atom is -0.370 e. The van der Waals surface area contributed by atoms with E-state index in [4.69, 9.17) is 5.73 Å². The van der Waals surface area contributed by atoms with Crippen LogP contribution in [0, 0.1) is 13.8 Å². The van der Waals surface area contributed by atoms with Gasteiger partial charge < -0.3 is 11.1 Å². The molecule has 0 amide bonds. The molecule has 0 atom stereocenters. The first kappa shape index (κ1) is 15.4. The van der Waals surface area contributed by atoms with Crippen molar-refractivity contribution in [2.45, 2.75) is 26.7 Å².